The number of hydrogen-bond acceptors (Lipinski definition) is 3. The summed E-state index contributed by atoms with van der Waals surface area (Å²) in [6, 6.07) is 19.9. The molecule has 2 aromatic carbocycles. The molecule has 0 saturated heterocycles. The summed E-state index contributed by atoms with van der Waals surface area (Å²) in [5.74, 6) is 1.56. The van der Waals surface area contributed by atoms with Gasteiger partial charge in [-0.2, -0.15) is 0 Å². The summed E-state index contributed by atoms with van der Waals surface area (Å²) in [7, 11) is 0. The fraction of sp³-hybridized carbons (Fsp3) is 0.0526. The standard InChI is InChI=1S/C19H15ClN4/c20-16-9-4-8-15(12-16)17-18(22-13-14-6-2-1-3-7-14)24-11-5-10-21-19(24)23-17/h1-12,22H,13H2. The number of hydrogen-bond donors (Lipinski definition) is 1. The highest BCUT2D eigenvalue weighted by molar-refractivity contribution is 6.30. The number of aromatic nitrogens is 3. The van der Waals surface area contributed by atoms with Crippen LogP contribution < -0.4 is 5.32 Å². The van der Waals surface area contributed by atoms with Crippen molar-refractivity contribution in [3.63, 3.8) is 0 Å². The number of anilines is 1. The van der Waals surface area contributed by atoms with Gasteiger partial charge in [0.25, 0.3) is 0 Å². The van der Waals surface area contributed by atoms with Gasteiger partial charge in [0, 0.05) is 29.5 Å². The van der Waals surface area contributed by atoms with Crippen molar-refractivity contribution in [2.45, 2.75) is 6.54 Å². The van der Waals surface area contributed by atoms with Gasteiger partial charge in [0.05, 0.1) is 0 Å². The van der Waals surface area contributed by atoms with Gasteiger partial charge in [-0.3, -0.25) is 4.40 Å². The number of nitrogens with zero attached hydrogens (tertiary/aromatic N) is 3. The molecule has 0 aliphatic heterocycles. The van der Waals surface area contributed by atoms with Crippen LogP contribution in [0.1, 0.15) is 5.56 Å². The molecular weight excluding hydrogens is 320 g/mol. The Morgan fingerprint density at radius 3 is 2.71 bits per heavy atom. The van der Waals surface area contributed by atoms with Gasteiger partial charge in [-0.05, 0) is 23.8 Å². The molecule has 0 unspecified atom stereocenters. The molecule has 4 nitrogen and oxygen atoms in total. The number of rotatable bonds is 4. The molecule has 0 aliphatic rings. The number of fused-ring (bicyclic) bond motifs is 1. The normalized spacial score (nSPS) is 10.9. The molecule has 2 aromatic heterocycles. The SMILES string of the molecule is Clc1cccc(-c2nc3ncccn3c2NCc2ccccc2)c1. The van der Waals surface area contributed by atoms with Gasteiger partial charge in [-0.25, -0.2) is 9.97 Å². The van der Waals surface area contributed by atoms with Gasteiger partial charge in [-0.15, -0.1) is 0 Å². The molecular formula is C19H15ClN4. The molecule has 0 saturated carbocycles. The maximum Gasteiger partial charge on any atom is 0.235 e. The van der Waals surface area contributed by atoms with Crippen LogP contribution in [0.2, 0.25) is 5.02 Å². The van der Waals surface area contributed by atoms with Crippen molar-refractivity contribution in [3.8, 4) is 11.3 Å². The predicted molar refractivity (Wildman–Crippen MR) is 97.2 cm³/mol. The summed E-state index contributed by atoms with van der Waals surface area (Å²) >= 11 is 6.15. The summed E-state index contributed by atoms with van der Waals surface area (Å²) in [6.45, 7) is 0.705. The van der Waals surface area contributed by atoms with Gasteiger partial charge in [0.2, 0.25) is 5.78 Å². The molecule has 0 atom stereocenters. The topological polar surface area (TPSA) is 42.2 Å². The number of halogens is 1. The Morgan fingerprint density at radius 2 is 1.88 bits per heavy atom. The van der Waals surface area contributed by atoms with E-state index in [4.69, 9.17) is 11.6 Å². The molecule has 0 aliphatic carbocycles. The van der Waals surface area contributed by atoms with Gasteiger partial charge in [0.1, 0.15) is 11.5 Å². The van der Waals surface area contributed by atoms with Crippen molar-refractivity contribution in [1.29, 1.82) is 0 Å². The smallest absolute Gasteiger partial charge is 0.235 e. The van der Waals surface area contributed by atoms with Crippen LogP contribution in [0.15, 0.2) is 73.1 Å². The molecule has 1 N–H and O–H groups in total. The Labute approximate surface area is 144 Å². The van der Waals surface area contributed by atoms with Gasteiger partial charge in [0.15, 0.2) is 0 Å². The molecule has 5 heteroatoms. The third-order valence-corrected chi connectivity index (χ3v) is 4.04. The molecule has 0 radical (unpaired) electrons. The fourth-order valence-electron chi connectivity index (χ4n) is 2.68. The quantitative estimate of drug-likeness (QED) is 0.590. The lowest BCUT2D eigenvalue weighted by molar-refractivity contribution is 1.06. The lowest BCUT2D eigenvalue weighted by Gasteiger charge is -2.09. The van der Waals surface area contributed by atoms with E-state index in [2.05, 4.69) is 27.4 Å². The highest BCUT2D eigenvalue weighted by atomic mass is 35.5. The Morgan fingerprint density at radius 1 is 1.00 bits per heavy atom. The Balaban J connectivity index is 1.78. The second-order valence-corrected chi connectivity index (χ2v) is 5.88. The number of benzene rings is 2. The summed E-state index contributed by atoms with van der Waals surface area (Å²) in [5.41, 5.74) is 3.00. The first-order chi connectivity index (χ1) is 11.8. The molecule has 0 spiro atoms. The van der Waals surface area contributed by atoms with Gasteiger partial charge >= 0.3 is 0 Å². The van der Waals surface area contributed by atoms with Crippen molar-refractivity contribution < 1.29 is 0 Å². The van der Waals surface area contributed by atoms with Crippen molar-refractivity contribution in [2.24, 2.45) is 0 Å². The van der Waals surface area contributed by atoms with Crippen LogP contribution in [0.4, 0.5) is 5.82 Å². The highest BCUT2D eigenvalue weighted by Crippen LogP contribution is 2.30. The minimum atomic E-state index is 0.656. The molecule has 0 amide bonds. The zero-order chi connectivity index (χ0) is 16.4. The van der Waals surface area contributed by atoms with Crippen LogP contribution in [0.25, 0.3) is 17.0 Å². The highest BCUT2D eigenvalue weighted by Gasteiger charge is 2.14. The van der Waals surface area contributed by atoms with E-state index in [9.17, 15) is 0 Å². The number of nitrogens with one attached hydrogen (secondary N) is 1. The van der Waals surface area contributed by atoms with Crippen molar-refractivity contribution in [2.75, 3.05) is 5.32 Å². The van der Waals surface area contributed by atoms with Gasteiger partial charge < -0.3 is 5.32 Å². The Kier molecular flexibility index (Phi) is 3.89. The number of imidazole rings is 1. The monoisotopic (exact) mass is 334 g/mol. The van der Waals surface area contributed by atoms with Crippen LogP contribution in [0.3, 0.4) is 0 Å². The van der Waals surface area contributed by atoms with Crippen molar-refractivity contribution in [1.82, 2.24) is 14.4 Å². The molecule has 4 aromatic rings. The van der Waals surface area contributed by atoms with E-state index >= 15 is 0 Å². The van der Waals surface area contributed by atoms with Crippen LogP contribution in [0, 0.1) is 0 Å². The lowest BCUT2D eigenvalue weighted by atomic mass is 10.1. The zero-order valence-corrected chi connectivity index (χ0v) is 13.6. The summed E-state index contributed by atoms with van der Waals surface area (Å²) in [4.78, 5) is 9.01. The fourth-order valence-corrected chi connectivity index (χ4v) is 2.87. The largest absolute Gasteiger partial charge is 0.365 e. The van der Waals surface area contributed by atoms with E-state index in [0.717, 1.165) is 17.1 Å². The van der Waals surface area contributed by atoms with Crippen LogP contribution in [0.5, 0.6) is 0 Å². The van der Waals surface area contributed by atoms with Crippen molar-refractivity contribution in [3.05, 3.63) is 83.6 Å². The van der Waals surface area contributed by atoms with E-state index in [1.807, 2.05) is 59.1 Å². The predicted octanol–water partition coefficient (Wildman–Crippen LogP) is 4.66. The summed E-state index contributed by atoms with van der Waals surface area (Å²) < 4.78 is 1.96. The van der Waals surface area contributed by atoms with E-state index in [-0.39, 0.29) is 0 Å². The van der Waals surface area contributed by atoms with Crippen LogP contribution in [-0.2, 0) is 6.54 Å². The van der Waals surface area contributed by atoms with E-state index in [0.29, 0.717) is 17.3 Å². The average Bonchev–Trinajstić information content (AvgIpc) is 2.99. The minimum absolute atomic E-state index is 0.656. The third kappa shape index (κ3) is 2.84. The van der Waals surface area contributed by atoms with E-state index in [1.54, 1.807) is 6.20 Å². The van der Waals surface area contributed by atoms with Gasteiger partial charge in [-0.1, -0.05) is 54.1 Å². The lowest BCUT2D eigenvalue weighted by Crippen LogP contribution is -2.03. The molecule has 118 valence electrons. The van der Waals surface area contributed by atoms with Crippen molar-refractivity contribution >= 4 is 23.2 Å². The first kappa shape index (κ1) is 14.7. The second kappa shape index (κ2) is 6.34. The molecule has 4 rings (SSSR count). The molecule has 0 bridgehead atoms. The third-order valence-electron chi connectivity index (χ3n) is 3.80. The second-order valence-electron chi connectivity index (χ2n) is 5.45. The minimum Gasteiger partial charge on any atom is -0.365 e. The molecule has 2 heterocycles. The first-order valence-corrected chi connectivity index (χ1v) is 8.06. The Bertz CT molecular complexity index is 979. The Hall–Kier alpha value is -2.85. The van der Waals surface area contributed by atoms with Crippen LogP contribution >= 0.6 is 11.6 Å². The van der Waals surface area contributed by atoms with E-state index in [1.165, 1.54) is 5.56 Å². The average molecular weight is 335 g/mol. The molecule has 0 fully saturated rings. The van der Waals surface area contributed by atoms with E-state index < -0.39 is 0 Å². The summed E-state index contributed by atoms with van der Waals surface area (Å²) in [6.07, 6.45) is 3.70. The zero-order valence-electron chi connectivity index (χ0n) is 12.9. The maximum absolute atomic E-state index is 6.15. The van der Waals surface area contributed by atoms with Crippen LogP contribution in [-0.4, -0.2) is 14.4 Å². The summed E-state index contributed by atoms with van der Waals surface area (Å²) in [5, 5.41) is 4.17. The first-order valence-electron chi connectivity index (χ1n) is 7.68. The maximum atomic E-state index is 6.15. The molecule has 24 heavy (non-hydrogen) atoms.